The van der Waals surface area contributed by atoms with Gasteiger partial charge in [-0.25, -0.2) is 9.38 Å². The van der Waals surface area contributed by atoms with Gasteiger partial charge >= 0.3 is 6.18 Å². The monoisotopic (exact) mass is 549 g/mol. The van der Waals surface area contributed by atoms with Crippen molar-refractivity contribution in [2.45, 2.75) is 18.0 Å². The zero-order chi connectivity index (χ0) is 25.6. The van der Waals surface area contributed by atoms with Crippen LogP contribution in [-0.4, -0.2) is 17.6 Å². The van der Waals surface area contributed by atoms with Crippen LogP contribution >= 0.6 is 35.1 Å². The Morgan fingerprint density at radius 1 is 1.00 bits per heavy atom. The number of nitrogens with zero attached hydrogens (tertiary/aromatic N) is 3. The minimum absolute atomic E-state index is 0.0416. The second-order valence-electron chi connectivity index (χ2n) is 7.75. The highest BCUT2D eigenvalue weighted by atomic mass is 35.5. The molecule has 1 fully saturated rings. The Labute approximate surface area is 217 Å². The predicted octanol–water partition coefficient (Wildman–Crippen LogP) is 8.07. The van der Waals surface area contributed by atoms with Gasteiger partial charge in [-0.15, -0.1) is 0 Å². The molecule has 5 rings (SSSR count). The molecule has 2 aliphatic heterocycles. The number of hydrogen-bond acceptors (Lipinski definition) is 5. The van der Waals surface area contributed by atoms with E-state index in [0.29, 0.717) is 27.2 Å². The smallest absolute Gasteiger partial charge is 0.334 e. The number of carbonyl (C=O) groups is 1. The summed E-state index contributed by atoms with van der Waals surface area (Å²) in [5.41, 5.74) is 0.408. The van der Waals surface area contributed by atoms with Gasteiger partial charge in [-0.1, -0.05) is 29.4 Å². The Bertz CT molecular complexity index is 1420. The van der Waals surface area contributed by atoms with Gasteiger partial charge in [0, 0.05) is 16.5 Å². The molecule has 4 nitrogen and oxygen atoms in total. The molecule has 0 radical (unpaired) electrons. The largest absolute Gasteiger partial charge is 0.416 e. The van der Waals surface area contributed by atoms with E-state index in [1.807, 2.05) is 24.0 Å². The van der Waals surface area contributed by atoms with E-state index in [9.17, 15) is 22.4 Å². The molecule has 0 aromatic heterocycles. The molecule has 1 saturated heterocycles. The minimum Gasteiger partial charge on any atom is -0.334 e. The SMILES string of the molecule is CCN1C(=C2SC(=Nc3cccc(C(F)(F)F)c3)N(c3ccc(F)cc3)C2=O)Sc2ccc(Cl)cc21. The topological polar surface area (TPSA) is 35.9 Å². The van der Waals surface area contributed by atoms with Gasteiger partial charge in [-0.2, -0.15) is 13.2 Å². The van der Waals surface area contributed by atoms with Crippen LogP contribution in [0, 0.1) is 5.82 Å². The molecule has 0 atom stereocenters. The molecular formula is C25H16ClF4N3OS2. The van der Waals surface area contributed by atoms with E-state index in [1.54, 1.807) is 6.07 Å². The number of thioether (sulfide) groups is 2. The summed E-state index contributed by atoms with van der Waals surface area (Å²) in [6.07, 6.45) is -4.53. The van der Waals surface area contributed by atoms with E-state index in [0.717, 1.165) is 34.5 Å². The summed E-state index contributed by atoms with van der Waals surface area (Å²) in [7, 11) is 0. The van der Waals surface area contributed by atoms with Crippen molar-refractivity contribution in [2.24, 2.45) is 4.99 Å². The van der Waals surface area contributed by atoms with E-state index >= 15 is 0 Å². The zero-order valence-corrected chi connectivity index (χ0v) is 20.9. The van der Waals surface area contributed by atoms with Crippen LogP contribution in [0.3, 0.4) is 0 Å². The summed E-state index contributed by atoms with van der Waals surface area (Å²) in [6, 6.07) is 15.3. The van der Waals surface area contributed by atoms with Crippen molar-refractivity contribution >= 4 is 63.3 Å². The Morgan fingerprint density at radius 3 is 2.44 bits per heavy atom. The fourth-order valence-electron chi connectivity index (χ4n) is 3.80. The number of amides is 1. The number of aliphatic imine (C=N–C) groups is 1. The van der Waals surface area contributed by atoms with Crippen molar-refractivity contribution in [3.63, 3.8) is 0 Å². The normalized spacial score (nSPS) is 18.9. The third-order valence-electron chi connectivity index (χ3n) is 5.44. The Hall–Kier alpha value is -2.95. The van der Waals surface area contributed by atoms with Gasteiger partial charge in [-0.05, 0) is 79.3 Å². The van der Waals surface area contributed by atoms with Crippen LogP contribution in [0.2, 0.25) is 5.02 Å². The molecule has 3 aromatic rings. The van der Waals surface area contributed by atoms with Crippen LogP contribution in [0.4, 0.5) is 34.6 Å². The van der Waals surface area contributed by atoms with Crippen molar-refractivity contribution < 1.29 is 22.4 Å². The van der Waals surface area contributed by atoms with Crippen molar-refractivity contribution in [2.75, 3.05) is 16.3 Å². The molecule has 0 N–H and O–H groups in total. The lowest BCUT2D eigenvalue weighted by molar-refractivity contribution is -0.137. The second kappa shape index (κ2) is 9.49. The third kappa shape index (κ3) is 4.60. The van der Waals surface area contributed by atoms with Gasteiger partial charge in [0.25, 0.3) is 5.91 Å². The minimum atomic E-state index is -4.53. The molecule has 0 unspecified atom stereocenters. The van der Waals surface area contributed by atoms with Crippen LogP contribution in [0.1, 0.15) is 12.5 Å². The summed E-state index contributed by atoms with van der Waals surface area (Å²) < 4.78 is 53.4. The average Bonchev–Trinajstić information content (AvgIpc) is 3.35. The number of hydrogen-bond donors (Lipinski definition) is 0. The number of fused-ring (bicyclic) bond motifs is 1. The quantitative estimate of drug-likeness (QED) is 0.244. The number of benzene rings is 3. The number of anilines is 2. The van der Waals surface area contributed by atoms with E-state index < -0.39 is 23.5 Å². The molecule has 1 amide bonds. The first-order valence-corrected chi connectivity index (χ1v) is 12.7. The van der Waals surface area contributed by atoms with Crippen LogP contribution in [0.25, 0.3) is 0 Å². The maximum Gasteiger partial charge on any atom is 0.416 e. The second-order valence-corrected chi connectivity index (χ2v) is 10.2. The number of alkyl halides is 3. The molecule has 11 heteroatoms. The van der Waals surface area contributed by atoms with E-state index in [-0.39, 0.29) is 10.9 Å². The van der Waals surface area contributed by atoms with Gasteiger partial charge < -0.3 is 4.90 Å². The Kier molecular flexibility index (Phi) is 6.52. The maximum absolute atomic E-state index is 13.7. The highest BCUT2D eigenvalue weighted by Crippen LogP contribution is 2.51. The van der Waals surface area contributed by atoms with E-state index in [1.165, 1.54) is 53.1 Å². The predicted molar refractivity (Wildman–Crippen MR) is 137 cm³/mol. The Balaban J connectivity index is 1.63. The van der Waals surface area contributed by atoms with E-state index in [4.69, 9.17) is 11.6 Å². The third-order valence-corrected chi connectivity index (χ3v) is 8.01. The molecular weight excluding hydrogens is 534 g/mol. The summed E-state index contributed by atoms with van der Waals surface area (Å²) in [5, 5.41) is 1.40. The van der Waals surface area contributed by atoms with Crippen molar-refractivity contribution in [3.05, 3.63) is 93.1 Å². The summed E-state index contributed by atoms with van der Waals surface area (Å²) >= 11 is 8.66. The number of amidine groups is 1. The molecule has 2 aliphatic rings. The Morgan fingerprint density at radius 2 is 1.75 bits per heavy atom. The van der Waals surface area contributed by atoms with Gasteiger partial charge in [0.2, 0.25) is 0 Å². The standard InChI is InChI=1S/C25H16ClF4N3OS2/c1-2-32-19-13-15(26)6-11-20(19)35-23(32)21-22(34)33(18-9-7-16(27)8-10-18)24(36-21)31-17-5-3-4-14(12-17)25(28,29)30/h3-13H,2H2,1H3. The van der Waals surface area contributed by atoms with Crippen LogP contribution in [-0.2, 0) is 11.0 Å². The van der Waals surface area contributed by atoms with Crippen LogP contribution in [0.15, 0.2) is 86.6 Å². The van der Waals surface area contributed by atoms with Gasteiger partial charge in [0.15, 0.2) is 5.17 Å². The first kappa shape index (κ1) is 24.7. The first-order chi connectivity index (χ1) is 17.2. The molecule has 184 valence electrons. The van der Waals surface area contributed by atoms with E-state index in [2.05, 4.69) is 4.99 Å². The maximum atomic E-state index is 13.7. The van der Waals surface area contributed by atoms with Crippen molar-refractivity contribution in [3.8, 4) is 0 Å². The molecule has 0 bridgehead atoms. The number of halogens is 5. The van der Waals surface area contributed by atoms with Gasteiger partial charge in [0.05, 0.1) is 22.6 Å². The molecule has 3 aromatic carbocycles. The zero-order valence-electron chi connectivity index (χ0n) is 18.5. The van der Waals surface area contributed by atoms with Gasteiger partial charge in [-0.3, -0.25) is 9.69 Å². The number of carbonyl (C=O) groups excluding carboxylic acids is 1. The van der Waals surface area contributed by atoms with Crippen LogP contribution in [0.5, 0.6) is 0 Å². The number of rotatable bonds is 3. The first-order valence-electron chi connectivity index (χ1n) is 10.7. The fourth-order valence-corrected chi connectivity index (χ4v) is 6.34. The fraction of sp³-hybridized carbons (Fsp3) is 0.120. The van der Waals surface area contributed by atoms with Crippen molar-refractivity contribution in [1.29, 1.82) is 0 Å². The molecule has 36 heavy (non-hydrogen) atoms. The lowest BCUT2D eigenvalue weighted by atomic mass is 10.2. The van der Waals surface area contributed by atoms with Crippen molar-refractivity contribution in [1.82, 2.24) is 0 Å². The highest BCUT2D eigenvalue weighted by molar-refractivity contribution is 8.20. The molecule has 0 aliphatic carbocycles. The average molecular weight is 550 g/mol. The van der Waals surface area contributed by atoms with Crippen LogP contribution < -0.4 is 9.80 Å². The highest BCUT2D eigenvalue weighted by Gasteiger charge is 2.41. The summed E-state index contributed by atoms with van der Waals surface area (Å²) in [4.78, 5) is 22.7. The lowest BCUT2D eigenvalue weighted by Crippen LogP contribution is -2.29. The summed E-state index contributed by atoms with van der Waals surface area (Å²) in [5.74, 6) is -0.888. The molecule has 0 spiro atoms. The molecule has 2 heterocycles. The summed E-state index contributed by atoms with van der Waals surface area (Å²) in [6.45, 7) is 2.50. The van der Waals surface area contributed by atoms with Gasteiger partial charge in [0.1, 0.15) is 15.8 Å². The lowest BCUT2D eigenvalue weighted by Gasteiger charge is -2.19. The molecule has 0 saturated carbocycles.